The zero-order chi connectivity index (χ0) is 20.3. The van der Waals surface area contributed by atoms with E-state index in [1.165, 1.54) is 79.7 Å². The van der Waals surface area contributed by atoms with E-state index < -0.39 is 0 Å². The van der Waals surface area contributed by atoms with Gasteiger partial charge in [0.05, 0.1) is 6.61 Å². The van der Waals surface area contributed by atoms with Gasteiger partial charge in [-0.3, -0.25) is 0 Å². The molecule has 0 saturated carbocycles. The third kappa shape index (κ3) is 4.22. The maximum Gasteiger partial charge on any atom is 0.119 e. The SMILES string of the molecule is S=C1c2c([nH]c3c2CCCCCC3)C[C@@H]2CCN(CCCOc3ccccc3)C[C@@H]12. The van der Waals surface area contributed by atoms with Gasteiger partial charge in [0.15, 0.2) is 0 Å². The van der Waals surface area contributed by atoms with Gasteiger partial charge in [0, 0.05) is 40.8 Å². The molecule has 160 valence electrons. The molecule has 3 aliphatic rings. The highest BCUT2D eigenvalue weighted by molar-refractivity contribution is 7.80. The number of piperidine rings is 1. The topological polar surface area (TPSA) is 28.3 Å². The first-order valence-electron chi connectivity index (χ1n) is 12.0. The van der Waals surface area contributed by atoms with E-state index in [0.717, 1.165) is 37.8 Å². The maximum absolute atomic E-state index is 6.16. The number of aryl methyl sites for hydroxylation is 1. The number of aromatic nitrogens is 1. The first kappa shape index (κ1) is 20.3. The fraction of sp³-hybridized carbons (Fsp3) is 0.577. The van der Waals surface area contributed by atoms with Gasteiger partial charge in [0.2, 0.25) is 0 Å². The summed E-state index contributed by atoms with van der Waals surface area (Å²) >= 11 is 6.16. The van der Waals surface area contributed by atoms with Crippen molar-refractivity contribution in [2.24, 2.45) is 11.8 Å². The first-order valence-corrected chi connectivity index (χ1v) is 12.4. The Morgan fingerprint density at radius 1 is 1.03 bits per heavy atom. The summed E-state index contributed by atoms with van der Waals surface area (Å²) in [5.74, 6) is 2.26. The van der Waals surface area contributed by atoms with Gasteiger partial charge in [0.1, 0.15) is 5.75 Å². The van der Waals surface area contributed by atoms with Gasteiger partial charge in [-0.05, 0) is 75.1 Å². The van der Waals surface area contributed by atoms with E-state index >= 15 is 0 Å². The lowest BCUT2D eigenvalue weighted by atomic mass is 9.73. The average molecular weight is 423 g/mol. The van der Waals surface area contributed by atoms with Crippen LogP contribution in [0, 0.1) is 11.8 Å². The molecule has 0 radical (unpaired) electrons. The summed E-state index contributed by atoms with van der Waals surface area (Å²) in [4.78, 5) is 7.73. The molecule has 1 N–H and O–H groups in total. The van der Waals surface area contributed by atoms with Gasteiger partial charge in [-0.1, -0.05) is 43.3 Å². The van der Waals surface area contributed by atoms with Crippen molar-refractivity contribution >= 4 is 17.1 Å². The normalized spacial score (nSPS) is 24.3. The van der Waals surface area contributed by atoms with E-state index in [9.17, 15) is 0 Å². The average Bonchev–Trinajstić information content (AvgIpc) is 3.09. The number of ether oxygens (including phenoxy) is 1. The molecule has 1 fully saturated rings. The van der Waals surface area contributed by atoms with Gasteiger partial charge < -0.3 is 14.6 Å². The van der Waals surface area contributed by atoms with Crippen molar-refractivity contribution in [1.29, 1.82) is 0 Å². The minimum atomic E-state index is 0.557. The minimum Gasteiger partial charge on any atom is -0.494 e. The Hall–Kier alpha value is -1.65. The van der Waals surface area contributed by atoms with Gasteiger partial charge in [0.25, 0.3) is 0 Å². The van der Waals surface area contributed by atoms with Crippen molar-refractivity contribution in [3.63, 3.8) is 0 Å². The van der Waals surface area contributed by atoms with Crippen LogP contribution in [0.2, 0.25) is 0 Å². The van der Waals surface area contributed by atoms with Crippen molar-refractivity contribution in [3.05, 3.63) is 52.8 Å². The second-order valence-electron chi connectivity index (χ2n) is 9.39. The predicted octanol–water partition coefficient (Wildman–Crippen LogP) is 5.36. The summed E-state index contributed by atoms with van der Waals surface area (Å²) in [7, 11) is 0. The van der Waals surface area contributed by atoms with Crippen LogP contribution in [0.3, 0.4) is 0 Å². The van der Waals surface area contributed by atoms with Crippen LogP contribution in [0.1, 0.15) is 61.0 Å². The summed E-state index contributed by atoms with van der Waals surface area (Å²) < 4.78 is 5.89. The Morgan fingerprint density at radius 3 is 2.73 bits per heavy atom. The fourth-order valence-corrected chi connectivity index (χ4v) is 6.32. The van der Waals surface area contributed by atoms with E-state index in [-0.39, 0.29) is 0 Å². The van der Waals surface area contributed by atoms with Crippen molar-refractivity contribution in [1.82, 2.24) is 9.88 Å². The molecule has 0 unspecified atom stereocenters. The van der Waals surface area contributed by atoms with Crippen LogP contribution in [0.25, 0.3) is 0 Å². The molecule has 30 heavy (non-hydrogen) atoms. The van der Waals surface area contributed by atoms with Crippen LogP contribution in [0.5, 0.6) is 5.75 Å². The van der Waals surface area contributed by atoms with Crippen molar-refractivity contribution in [2.45, 2.75) is 57.8 Å². The van der Waals surface area contributed by atoms with Gasteiger partial charge in [-0.15, -0.1) is 0 Å². The van der Waals surface area contributed by atoms with Gasteiger partial charge in [-0.2, -0.15) is 0 Å². The number of nitrogens with one attached hydrogen (secondary N) is 1. The summed E-state index contributed by atoms with van der Waals surface area (Å²) in [6.07, 6.45) is 11.4. The molecule has 0 spiro atoms. The number of aromatic amines is 1. The quantitative estimate of drug-likeness (QED) is 0.520. The van der Waals surface area contributed by atoms with E-state index in [2.05, 4.69) is 9.88 Å². The number of H-pyrrole nitrogens is 1. The Labute approximate surface area is 186 Å². The van der Waals surface area contributed by atoms with E-state index in [1.807, 2.05) is 30.3 Å². The second kappa shape index (κ2) is 9.23. The van der Waals surface area contributed by atoms with Crippen LogP contribution >= 0.6 is 12.2 Å². The number of nitrogens with zero attached hydrogens (tertiary/aromatic N) is 1. The molecule has 4 heteroatoms. The summed E-state index contributed by atoms with van der Waals surface area (Å²) in [6, 6.07) is 10.2. The molecule has 0 bridgehead atoms. The molecule has 3 nitrogen and oxygen atoms in total. The molecule has 1 aromatic carbocycles. The predicted molar refractivity (Wildman–Crippen MR) is 127 cm³/mol. The van der Waals surface area contributed by atoms with E-state index in [0.29, 0.717) is 5.92 Å². The molecule has 2 atom stereocenters. The lowest BCUT2D eigenvalue weighted by molar-refractivity contribution is 0.142. The largest absolute Gasteiger partial charge is 0.494 e. The fourth-order valence-electron chi connectivity index (χ4n) is 5.81. The smallest absolute Gasteiger partial charge is 0.119 e. The Bertz CT molecular complexity index is 875. The summed E-state index contributed by atoms with van der Waals surface area (Å²) in [5.41, 5.74) is 6.03. The Morgan fingerprint density at radius 2 is 1.87 bits per heavy atom. The molecule has 2 aromatic rings. The highest BCUT2D eigenvalue weighted by Crippen LogP contribution is 2.39. The summed E-state index contributed by atoms with van der Waals surface area (Å²) in [5, 5.41) is 0. The number of thiocarbonyl (C=S) groups is 1. The molecule has 2 heterocycles. The van der Waals surface area contributed by atoms with Crippen LogP contribution in [-0.4, -0.2) is 41.0 Å². The first-order chi connectivity index (χ1) is 14.8. The summed E-state index contributed by atoms with van der Waals surface area (Å²) in [6.45, 7) is 4.23. The van der Waals surface area contributed by atoms with E-state index in [1.54, 1.807) is 5.56 Å². The van der Waals surface area contributed by atoms with Crippen LogP contribution in [-0.2, 0) is 19.3 Å². The van der Waals surface area contributed by atoms with E-state index in [4.69, 9.17) is 17.0 Å². The van der Waals surface area contributed by atoms with Crippen LogP contribution in [0.15, 0.2) is 30.3 Å². The van der Waals surface area contributed by atoms with Gasteiger partial charge in [-0.25, -0.2) is 0 Å². The molecule has 5 rings (SSSR count). The molecular weight excluding hydrogens is 388 g/mol. The highest BCUT2D eigenvalue weighted by atomic mass is 32.1. The van der Waals surface area contributed by atoms with Crippen LogP contribution in [0.4, 0.5) is 0 Å². The third-order valence-corrected chi connectivity index (χ3v) is 7.90. The highest BCUT2D eigenvalue weighted by Gasteiger charge is 2.39. The monoisotopic (exact) mass is 422 g/mol. The molecule has 1 aromatic heterocycles. The lowest BCUT2D eigenvalue weighted by Crippen LogP contribution is -2.47. The number of likely N-dealkylation sites (tertiary alicyclic amines) is 1. The number of hydrogen-bond acceptors (Lipinski definition) is 3. The molecule has 1 aliphatic heterocycles. The Balaban J connectivity index is 1.21. The zero-order valence-corrected chi connectivity index (χ0v) is 18.8. The standard InChI is InChI=1S/C26H34N2OS/c30-26-22-18-28(14-8-16-29-20-9-4-3-5-10-20)15-13-19(22)17-24-25(26)21-11-6-1-2-7-12-23(21)27-24/h3-5,9-10,19,22,27H,1-2,6-8,11-18H2/t19-,22+/m0/s1. The third-order valence-electron chi connectivity index (χ3n) is 7.39. The maximum atomic E-state index is 6.16. The van der Waals surface area contributed by atoms with Gasteiger partial charge >= 0.3 is 0 Å². The number of hydrogen-bond donors (Lipinski definition) is 1. The lowest BCUT2D eigenvalue weighted by Gasteiger charge is -2.41. The second-order valence-corrected chi connectivity index (χ2v) is 9.83. The minimum absolute atomic E-state index is 0.557. The van der Waals surface area contributed by atoms with Crippen LogP contribution < -0.4 is 4.74 Å². The Kier molecular flexibility index (Phi) is 6.24. The number of para-hydroxylation sites is 1. The zero-order valence-electron chi connectivity index (χ0n) is 18.0. The molecule has 0 amide bonds. The molecular formula is C26H34N2OS. The number of fused-ring (bicyclic) bond motifs is 4. The van der Waals surface area contributed by atoms with Crippen molar-refractivity contribution in [3.8, 4) is 5.75 Å². The number of rotatable bonds is 5. The van der Waals surface area contributed by atoms with Crippen molar-refractivity contribution in [2.75, 3.05) is 26.2 Å². The van der Waals surface area contributed by atoms with Crippen molar-refractivity contribution < 1.29 is 4.74 Å². The molecule has 1 saturated heterocycles. The molecule has 2 aliphatic carbocycles. The number of benzene rings is 1.